The Morgan fingerprint density at radius 3 is 2.71 bits per heavy atom. The lowest BCUT2D eigenvalue weighted by Crippen LogP contribution is -3.06. The Kier molecular flexibility index (Phi) is 5.80. The second-order valence-electron chi connectivity index (χ2n) is 4.33. The molecule has 0 spiro atoms. The Hall–Kier alpha value is -0.720. The van der Waals surface area contributed by atoms with E-state index >= 15 is 0 Å². The topological polar surface area (TPSA) is 64.7 Å². The lowest BCUT2D eigenvalue weighted by atomic mass is 10.3. The molecule has 1 atom stereocenters. The van der Waals surface area contributed by atoms with E-state index in [0.29, 0.717) is 6.42 Å². The fraction of sp³-hybridized carbons (Fsp3) is 0.727. The summed E-state index contributed by atoms with van der Waals surface area (Å²) in [6, 6.07) is 0. The molecular weight excluding hydrogens is 240 g/mol. The van der Waals surface area contributed by atoms with Gasteiger partial charge in [-0.05, 0) is 12.8 Å². The van der Waals surface area contributed by atoms with Crippen LogP contribution in [0.15, 0.2) is 12.4 Å². The molecule has 0 amide bonds. The van der Waals surface area contributed by atoms with Gasteiger partial charge in [0.25, 0.3) is 0 Å². The molecule has 0 saturated carbocycles. The smallest absolute Gasteiger partial charge is 0.335 e. The molecule has 6 heteroatoms. The molecule has 1 N–H and O–H groups in total. The van der Waals surface area contributed by atoms with Gasteiger partial charge < -0.3 is 4.55 Å². The standard InChI is InChI=1S/C11H20N2O3S/c1-2-3-6-12-8-9-13(11-12)7-4-5-10-17(14,15)16/h8-9,11H,2-7,10H2,1H3/p+1. The summed E-state index contributed by atoms with van der Waals surface area (Å²) in [4.78, 5) is 1.21. The van der Waals surface area contributed by atoms with Crippen LogP contribution < -0.4 is 4.90 Å². The molecule has 0 aliphatic carbocycles. The molecule has 1 heterocycles. The largest absolute Gasteiger partial charge is 0.748 e. The van der Waals surface area contributed by atoms with Crippen molar-refractivity contribution >= 4 is 16.5 Å². The quantitative estimate of drug-likeness (QED) is 0.365. The summed E-state index contributed by atoms with van der Waals surface area (Å²) in [5.74, 6) is -0.246. The van der Waals surface area contributed by atoms with E-state index in [1.54, 1.807) is 0 Å². The summed E-state index contributed by atoms with van der Waals surface area (Å²) in [5, 5.41) is 0. The van der Waals surface area contributed by atoms with E-state index in [4.69, 9.17) is 0 Å². The number of nitrogens with one attached hydrogen (secondary N) is 1. The van der Waals surface area contributed by atoms with Gasteiger partial charge in [-0.3, -0.25) is 0 Å². The predicted octanol–water partition coefficient (Wildman–Crippen LogP) is -0.478. The molecule has 98 valence electrons. The first-order valence-corrected chi connectivity index (χ1v) is 7.67. The zero-order chi connectivity index (χ0) is 12.7. The third-order valence-electron chi connectivity index (χ3n) is 2.69. The zero-order valence-corrected chi connectivity index (χ0v) is 11.1. The Bertz CT molecular complexity index is 388. The van der Waals surface area contributed by atoms with E-state index < -0.39 is 10.1 Å². The predicted molar refractivity (Wildman–Crippen MR) is 64.9 cm³/mol. The van der Waals surface area contributed by atoms with Crippen molar-refractivity contribution in [3.63, 3.8) is 0 Å². The highest BCUT2D eigenvalue weighted by molar-refractivity contribution is 7.85. The number of rotatable bonds is 8. The first kappa shape index (κ1) is 14.3. The molecule has 0 aromatic carbocycles. The van der Waals surface area contributed by atoms with Crippen molar-refractivity contribution in [2.45, 2.75) is 32.6 Å². The van der Waals surface area contributed by atoms with Crippen LogP contribution in [0, 0.1) is 0 Å². The Morgan fingerprint density at radius 1 is 1.29 bits per heavy atom. The van der Waals surface area contributed by atoms with Crippen molar-refractivity contribution in [1.82, 2.24) is 0 Å². The van der Waals surface area contributed by atoms with E-state index in [-0.39, 0.29) is 5.75 Å². The normalized spacial score (nSPS) is 19.6. The monoisotopic (exact) mass is 261 g/mol. The van der Waals surface area contributed by atoms with Crippen molar-refractivity contribution < 1.29 is 22.4 Å². The molecule has 1 aliphatic rings. The van der Waals surface area contributed by atoms with Gasteiger partial charge in [0, 0.05) is 12.2 Å². The van der Waals surface area contributed by atoms with Gasteiger partial charge in [-0.2, -0.15) is 4.58 Å². The number of hydrogen-bond donors (Lipinski definition) is 1. The van der Waals surface area contributed by atoms with Crippen molar-refractivity contribution in [3.8, 4) is 0 Å². The maximum absolute atomic E-state index is 10.4. The lowest BCUT2D eigenvalue weighted by molar-refractivity contribution is -0.750. The second-order valence-corrected chi connectivity index (χ2v) is 5.85. The van der Waals surface area contributed by atoms with Crippen LogP contribution in [0.2, 0.25) is 0 Å². The van der Waals surface area contributed by atoms with E-state index in [9.17, 15) is 13.0 Å². The van der Waals surface area contributed by atoms with Crippen LogP contribution in [0.25, 0.3) is 0 Å². The van der Waals surface area contributed by atoms with Crippen LogP contribution in [0.3, 0.4) is 0 Å². The van der Waals surface area contributed by atoms with Crippen molar-refractivity contribution in [2.75, 3.05) is 18.8 Å². The first-order valence-electron chi connectivity index (χ1n) is 6.09. The highest BCUT2D eigenvalue weighted by Gasteiger charge is 2.16. The molecular formula is C11H21N2O3S+. The molecule has 0 fully saturated rings. The minimum Gasteiger partial charge on any atom is -0.748 e. The fourth-order valence-corrected chi connectivity index (χ4v) is 2.28. The molecule has 0 aromatic heterocycles. The Labute approximate surface area is 103 Å². The van der Waals surface area contributed by atoms with Crippen LogP contribution >= 0.6 is 0 Å². The molecule has 1 aliphatic heterocycles. The summed E-state index contributed by atoms with van der Waals surface area (Å²) in [5.41, 5.74) is 0. The van der Waals surface area contributed by atoms with Gasteiger partial charge >= 0.3 is 6.34 Å². The van der Waals surface area contributed by atoms with E-state index in [2.05, 4.69) is 30.2 Å². The summed E-state index contributed by atoms with van der Waals surface area (Å²) in [7, 11) is -4.04. The van der Waals surface area contributed by atoms with Gasteiger partial charge in [0.1, 0.15) is 0 Å². The van der Waals surface area contributed by atoms with Gasteiger partial charge in [0.2, 0.25) is 6.20 Å². The maximum atomic E-state index is 10.4. The van der Waals surface area contributed by atoms with Gasteiger partial charge in [0.15, 0.2) is 12.7 Å². The SMILES string of the molecule is CCCC[N+]1=C[NH+](CCCCS(=O)(=O)[O-])C=C1. The number of unbranched alkanes of at least 4 members (excludes halogenated alkanes) is 2. The molecule has 1 unspecified atom stereocenters. The average Bonchev–Trinajstić information content (AvgIpc) is 2.68. The van der Waals surface area contributed by atoms with E-state index in [1.165, 1.54) is 17.7 Å². The van der Waals surface area contributed by atoms with Crippen LogP contribution in [0.5, 0.6) is 0 Å². The maximum Gasteiger partial charge on any atom is 0.335 e. The summed E-state index contributed by atoms with van der Waals surface area (Å²) >= 11 is 0. The number of hydrogen-bond acceptors (Lipinski definition) is 3. The third kappa shape index (κ3) is 6.55. The average molecular weight is 261 g/mol. The molecule has 0 bridgehead atoms. The van der Waals surface area contributed by atoms with Crippen molar-refractivity contribution in [1.29, 1.82) is 0 Å². The minimum absolute atomic E-state index is 0.246. The number of nitrogens with zero attached hydrogens (tertiary/aromatic N) is 1. The first-order chi connectivity index (χ1) is 8.01. The summed E-state index contributed by atoms with van der Waals surface area (Å²) in [6.07, 6.45) is 9.75. The summed E-state index contributed by atoms with van der Waals surface area (Å²) < 4.78 is 33.4. The highest BCUT2D eigenvalue weighted by Crippen LogP contribution is 1.92. The Morgan fingerprint density at radius 2 is 2.06 bits per heavy atom. The lowest BCUT2D eigenvalue weighted by Gasteiger charge is -2.06. The van der Waals surface area contributed by atoms with Crippen LogP contribution in [0.4, 0.5) is 0 Å². The fourth-order valence-electron chi connectivity index (χ4n) is 1.73. The van der Waals surface area contributed by atoms with E-state index in [1.807, 2.05) is 0 Å². The third-order valence-corrected chi connectivity index (χ3v) is 3.48. The van der Waals surface area contributed by atoms with Gasteiger partial charge in [-0.15, -0.1) is 0 Å². The zero-order valence-electron chi connectivity index (χ0n) is 10.3. The second kappa shape index (κ2) is 6.88. The minimum atomic E-state index is -4.04. The molecule has 0 radical (unpaired) electrons. The van der Waals surface area contributed by atoms with Gasteiger partial charge in [0.05, 0.1) is 16.7 Å². The van der Waals surface area contributed by atoms with Crippen molar-refractivity contribution in [3.05, 3.63) is 12.4 Å². The molecule has 0 saturated heterocycles. The number of quaternary nitrogens is 1. The summed E-state index contributed by atoms with van der Waals surface area (Å²) in [6.45, 7) is 4.04. The Balaban J connectivity index is 2.18. The highest BCUT2D eigenvalue weighted by atomic mass is 32.2. The van der Waals surface area contributed by atoms with Crippen LogP contribution in [0.1, 0.15) is 32.6 Å². The van der Waals surface area contributed by atoms with Crippen LogP contribution in [-0.4, -0.2) is 42.7 Å². The van der Waals surface area contributed by atoms with Crippen molar-refractivity contribution in [2.24, 2.45) is 0 Å². The molecule has 1 rings (SSSR count). The molecule has 0 aromatic rings. The molecule has 17 heavy (non-hydrogen) atoms. The van der Waals surface area contributed by atoms with Crippen LogP contribution in [-0.2, 0) is 10.1 Å². The van der Waals surface area contributed by atoms with Gasteiger partial charge in [-0.1, -0.05) is 13.3 Å². The van der Waals surface area contributed by atoms with Gasteiger partial charge in [-0.25, -0.2) is 13.3 Å². The van der Waals surface area contributed by atoms with E-state index in [0.717, 1.165) is 19.5 Å². The molecule has 5 nitrogen and oxygen atoms in total.